The van der Waals surface area contributed by atoms with Crippen molar-refractivity contribution in [3.63, 3.8) is 0 Å². The van der Waals surface area contributed by atoms with Gasteiger partial charge in [-0.1, -0.05) is 6.07 Å². The highest BCUT2D eigenvalue weighted by molar-refractivity contribution is 5.98. The quantitative estimate of drug-likeness (QED) is 0.877. The van der Waals surface area contributed by atoms with Gasteiger partial charge in [0.25, 0.3) is 0 Å². The van der Waals surface area contributed by atoms with Crippen molar-refractivity contribution in [1.82, 2.24) is 0 Å². The van der Waals surface area contributed by atoms with Gasteiger partial charge in [0.2, 0.25) is 0 Å². The normalized spacial score (nSPS) is 22.5. The standard InChI is InChI=1S/C14H21N3O2/c1-14(7-8-18-2)10-16-13(15)17(14)11-5-4-6-12(9-11)19-3/h4-6,9H,7-8,10H2,1-3H3,(H2,15,16). The van der Waals surface area contributed by atoms with E-state index in [1.54, 1.807) is 14.2 Å². The monoisotopic (exact) mass is 263 g/mol. The number of nitrogens with two attached hydrogens (primary N) is 1. The lowest BCUT2D eigenvalue weighted by Gasteiger charge is -2.36. The smallest absolute Gasteiger partial charge is 0.196 e. The molecule has 1 atom stereocenters. The predicted octanol–water partition coefficient (Wildman–Crippen LogP) is 1.63. The molecule has 104 valence electrons. The van der Waals surface area contributed by atoms with Crippen LogP contribution in [0.5, 0.6) is 5.75 Å². The zero-order valence-electron chi connectivity index (χ0n) is 11.7. The van der Waals surface area contributed by atoms with Gasteiger partial charge in [-0.25, -0.2) is 0 Å². The molecule has 1 heterocycles. The van der Waals surface area contributed by atoms with Crippen molar-refractivity contribution in [2.75, 3.05) is 32.3 Å². The van der Waals surface area contributed by atoms with Gasteiger partial charge in [0.05, 0.1) is 19.2 Å². The summed E-state index contributed by atoms with van der Waals surface area (Å²) in [7, 11) is 3.36. The third-order valence-corrected chi connectivity index (χ3v) is 3.51. The third kappa shape index (κ3) is 2.66. The number of guanidine groups is 1. The van der Waals surface area contributed by atoms with Crippen molar-refractivity contribution in [3.8, 4) is 5.75 Å². The summed E-state index contributed by atoms with van der Waals surface area (Å²) in [6, 6.07) is 7.86. The van der Waals surface area contributed by atoms with Gasteiger partial charge in [-0.2, -0.15) is 0 Å². The molecule has 5 nitrogen and oxygen atoms in total. The van der Waals surface area contributed by atoms with Crippen molar-refractivity contribution in [1.29, 1.82) is 0 Å². The zero-order chi connectivity index (χ0) is 13.9. The highest BCUT2D eigenvalue weighted by atomic mass is 16.5. The number of aliphatic imine (C=N–C) groups is 1. The number of methoxy groups -OCH3 is 2. The van der Waals surface area contributed by atoms with Gasteiger partial charge >= 0.3 is 0 Å². The lowest BCUT2D eigenvalue weighted by atomic mass is 9.96. The highest BCUT2D eigenvalue weighted by Gasteiger charge is 2.38. The molecular weight excluding hydrogens is 242 g/mol. The fourth-order valence-electron chi connectivity index (χ4n) is 2.38. The molecular formula is C14H21N3O2. The van der Waals surface area contributed by atoms with Crippen LogP contribution in [-0.2, 0) is 4.74 Å². The van der Waals surface area contributed by atoms with E-state index in [0.717, 1.165) is 17.9 Å². The first-order valence-electron chi connectivity index (χ1n) is 6.34. The van der Waals surface area contributed by atoms with Crippen LogP contribution < -0.4 is 15.4 Å². The minimum atomic E-state index is -0.146. The maximum absolute atomic E-state index is 6.04. The molecule has 2 rings (SSSR count). The number of rotatable bonds is 5. The molecule has 5 heteroatoms. The van der Waals surface area contributed by atoms with Crippen LogP contribution in [0.25, 0.3) is 0 Å². The van der Waals surface area contributed by atoms with E-state index in [0.29, 0.717) is 19.1 Å². The molecule has 0 saturated carbocycles. The molecule has 0 aromatic heterocycles. The van der Waals surface area contributed by atoms with Crippen LogP contribution in [0.3, 0.4) is 0 Å². The molecule has 1 aromatic rings. The molecule has 2 N–H and O–H groups in total. The Labute approximate surface area is 114 Å². The molecule has 0 bridgehead atoms. The molecule has 0 aliphatic carbocycles. The third-order valence-electron chi connectivity index (χ3n) is 3.51. The molecule has 0 spiro atoms. The number of benzene rings is 1. The van der Waals surface area contributed by atoms with Crippen LogP contribution in [0, 0.1) is 0 Å². The summed E-state index contributed by atoms with van der Waals surface area (Å²) in [6.45, 7) is 3.51. The lowest BCUT2D eigenvalue weighted by Crippen LogP contribution is -2.50. The van der Waals surface area contributed by atoms with E-state index < -0.39 is 0 Å². The van der Waals surface area contributed by atoms with Gasteiger partial charge in [-0.15, -0.1) is 0 Å². The van der Waals surface area contributed by atoms with Crippen LogP contribution in [0.15, 0.2) is 29.3 Å². The molecule has 0 fully saturated rings. The SMILES string of the molecule is COCCC1(C)CN=C(N)N1c1cccc(OC)c1. The summed E-state index contributed by atoms with van der Waals surface area (Å²) in [5.41, 5.74) is 6.89. The van der Waals surface area contributed by atoms with E-state index in [-0.39, 0.29) is 5.54 Å². The van der Waals surface area contributed by atoms with Gasteiger partial charge in [0.1, 0.15) is 5.75 Å². The van der Waals surface area contributed by atoms with Crippen LogP contribution in [0.4, 0.5) is 5.69 Å². The lowest BCUT2D eigenvalue weighted by molar-refractivity contribution is 0.175. The van der Waals surface area contributed by atoms with Crippen molar-refractivity contribution in [3.05, 3.63) is 24.3 Å². The molecule has 19 heavy (non-hydrogen) atoms. The van der Waals surface area contributed by atoms with Gasteiger partial charge in [0, 0.05) is 25.5 Å². The summed E-state index contributed by atoms with van der Waals surface area (Å²) >= 11 is 0. The van der Waals surface area contributed by atoms with Gasteiger partial charge in [0.15, 0.2) is 5.96 Å². The predicted molar refractivity (Wildman–Crippen MR) is 76.9 cm³/mol. The first-order chi connectivity index (χ1) is 9.10. The summed E-state index contributed by atoms with van der Waals surface area (Å²) in [4.78, 5) is 6.44. The van der Waals surface area contributed by atoms with E-state index in [2.05, 4.69) is 16.8 Å². The fraction of sp³-hybridized carbons (Fsp3) is 0.500. The van der Waals surface area contributed by atoms with Crippen LogP contribution in [0.1, 0.15) is 13.3 Å². The molecule has 1 aliphatic rings. The van der Waals surface area contributed by atoms with Crippen molar-refractivity contribution in [2.24, 2.45) is 10.7 Å². The second-order valence-corrected chi connectivity index (χ2v) is 4.95. The Morgan fingerprint density at radius 3 is 2.89 bits per heavy atom. The second kappa shape index (κ2) is 5.48. The van der Waals surface area contributed by atoms with Gasteiger partial charge in [-0.3, -0.25) is 4.99 Å². The van der Waals surface area contributed by atoms with E-state index in [1.165, 1.54) is 0 Å². The minimum Gasteiger partial charge on any atom is -0.497 e. The Balaban J connectivity index is 2.30. The fourth-order valence-corrected chi connectivity index (χ4v) is 2.38. The van der Waals surface area contributed by atoms with E-state index in [9.17, 15) is 0 Å². The van der Waals surface area contributed by atoms with E-state index in [4.69, 9.17) is 15.2 Å². The molecule has 0 amide bonds. The molecule has 0 radical (unpaired) electrons. The first kappa shape index (κ1) is 13.7. The molecule has 1 aromatic carbocycles. The topological polar surface area (TPSA) is 60.1 Å². The van der Waals surface area contributed by atoms with Crippen LogP contribution >= 0.6 is 0 Å². The van der Waals surface area contributed by atoms with Crippen LogP contribution in [-0.4, -0.2) is 38.9 Å². The highest BCUT2D eigenvalue weighted by Crippen LogP contribution is 2.32. The van der Waals surface area contributed by atoms with Crippen molar-refractivity contribution in [2.45, 2.75) is 18.9 Å². The Morgan fingerprint density at radius 1 is 1.42 bits per heavy atom. The number of hydrogen-bond donors (Lipinski definition) is 1. The summed E-state index contributed by atoms with van der Waals surface area (Å²) < 4.78 is 10.5. The zero-order valence-corrected chi connectivity index (χ0v) is 11.7. The Kier molecular flexibility index (Phi) is 3.95. The first-order valence-corrected chi connectivity index (χ1v) is 6.34. The Morgan fingerprint density at radius 2 is 2.21 bits per heavy atom. The number of hydrogen-bond acceptors (Lipinski definition) is 5. The summed E-state index contributed by atoms with van der Waals surface area (Å²) in [6.07, 6.45) is 0.866. The van der Waals surface area contributed by atoms with Crippen LogP contribution in [0.2, 0.25) is 0 Å². The maximum Gasteiger partial charge on any atom is 0.196 e. The minimum absolute atomic E-state index is 0.146. The Hall–Kier alpha value is -1.75. The average molecular weight is 263 g/mol. The molecule has 1 unspecified atom stereocenters. The molecule has 1 aliphatic heterocycles. The van der Waals surface area contributed by atoms with E-state index in [1.807, 2.05) is 24.3 Å². The largest absolute Gasteiger partial charge is 0.497 e. The average Bonchev–Trinajstić information content (AvgIpc) is 2.73. The van der Waals surface area contributed by atoms with Gasteiger partial charge in [-0.05, 0) is 25.5 Å². The number of anilines is 1. The summed E-state index contributed by atoms with van der Waals surface area (Å²) in [5.74, 6) is 1.36. The van der Waals surface area contributed by atoms with Crippen molar-refractivity contribution >= 4 is 11.6 Å². The number of nitrogens with zero attached hydrogens (tertiary/aromatic N) is 2. The van der Waals surface area contributed by atoms with Crippen molar-refractivity contribution < 1.29 is 9.47 Å². The van der Waals surface area contributed by atoms with Gasteiger partial charge < -0.3 is 20.1 Å². The second-order valence-electron chi connectivity index (χ2n) is 4.95. The molecule has 0 saturated heterocycles. The number of ether oxygens (including phenoxy) is 2. The summed E-state index contributed by atoms with van der Waals surface area (Å²) in [5, 5.41) is 0. The van der Waals surface area contributed by atoms with E-state index >= 15 is 0 Å². The Bertz CT molecular complexity index is 476. The maximum atomic E-state index is 6.04.